The van der Waals surface area contributed by atoms with Gasteiger partial charge in [-0.15, -0.1) is 0 Å². The van der Waals surface area contributed by atoms with Crippen molar-refractivity contribution in [2.24, 2.45) is 0 Å². The quantitative estimate of drug-likeness (QED) is 0.835. The van der Waals surface area contributed by atoms with Crippen molar-refractivity contribution in [2.45, 2.75) is 12.0 Å². The number of hydrogen-bond donors (Lipinski definition) is 2. The van der Waals surface area contributed by atoms with Crippen molar-refractivity contribution >= 4 is 33.4 Å². The van der Waals surface area contributed by atoms with Crippen LogP contribution in [0, 0.1) is 0 Å². The maximum atomic E-state index is 12.4. The smallest absolute Gasteiger partial charge is 0.252 e. The third kappa shape index (κ3) is 3.37. The third-order valence-electron chi connectivity index (χ3n) is 3.88. The molecular formula is C17H15BrClNO3. The normalized spacial score (nSPS) is 19.6. The Morgan fingerprint density at radius 3 is 2.96 bits per heavy atom. The van der Waals surface area contributed by atoms with E-state index >= 15 is 0 Å². The zero-order chi connectivity index (χ0) is 16.4. The van der Waals surface area contributed by atoms with Gasteiger partial charge in [-0.05, 0) is 24.3 Å². The molecule has 0 saturated heterocycles. The highest BCUT2D eigenvalue weighted by atomic mass is 79.9. The number of ether oxygens (including phenoxy) is 1. The molecule has 2 aromatic rings. The Kier molecular flexibility index (Phi) is 4.62. The molecule has 1 aliphatic rings. The minimum Gasteiger partial charge on any atom is -0.493 e. The van der Waals surface area contributed by atoms with Gasteiger partial charge in [-0.3, -0.25) is 4.79 Å². The van der Waals surface area contributed by atoms with E-state index < -0.39 is 5.60 Å². The van der Waals surface area contributed by atoms with Gasteiger partial charge in [-0.2, -0.15) is 0 Å². The fourth-order valence-corrected chi connectivity index (χ4v) is 3.18. The van der Waals surface area contributed by atoms with E-state index in [-0.39, 0.29) is 12.5 Å². The molecule has 4 nitrogen and oxygen atoms in total. The van der Waals surface area contributed by atoms with Crippen LogP contribution in [0.5, 0.6) is 5.75 Å². The van der Waals surface area contributed by atoms with Gasteiger partial charge in [0.05, 0.1) is 23.7 Å². The fraction of sp³-hybridized carbons (Fsp3) is 0.235. The summed E-state index contributed by atoms with van der Waals surface area (Å²) >= 11 is 9.38. The largest absolute Gasteiger partial charge is 0.493 e. The Morgan fingerprint density at radius 1 is 1.35 bits per heavy atom. The van der Waals surface area contributed by atoms with E-state index in [2.05, 4.69) is 21.2 Å². The van der Waals surface area contributed by atoms with Crippen molar-refractivity contribution in [2.75, 3.05) is 13.2 Å². The third-order valence-corrected chi connectivity index (χ3v) is 4.70. The minimum absolute atomic E-state index is 0.0923. The average molecular weight is 397 g/mol. The van der Waals surface area contributed by atoms with Crippen molar-refractivity contribution in [3.05, 3.63) is 63.1 Å². The van der Waals surface area contributed by atoms with E-state index in [0.29, 0.717) is 34.9 Å². The van der Waals surface area contributed by atoms with Gasteiger partial charge < -0.3 is 15.2 Å². The van der Waals surface area contributed by atoms with Crippen molar-refractivity contribution in [3.63, 3.8) is 0 Å². The molecule has 0 radical (unpaired) electrons. The summed E-state index contributed by atoms with van der Waals surface area (Å²) in [5, 5.41) is 14.0. The molecule has 2 aromatic carbocycles. The van der Waals surface area contributed by atoms with E-state index in [1.54, 1.807) is 18.2 Å². The Hall–Kier alpha value is -1.56. The Labute approximate surface area is 147 Å². The Bertz CT molecular complexity index is 752. The first kappa shape index (κ1) is 16.3. The molecule has 0 spiro atoms. The highest BCUT2D eigenvalue weighted by molar-refractivity contribution is 9.10. The zero-order valence-corrected chi connectivity index (χ0v) is 14.5. The lowest BCUT2D eigenvalue weighted by Gasteiger charge is -2.34. The summed E-state index contributed by atoms with van der Waals surface area (Å²) in [6.45, 7) is 0.496. The number of benzene rings is 2. The first-order valence-electron chi connectivity index (χ1n) is 7.17. The van der Waals surface area contributed by atoms with Crippen LogP contribution in [-0.4, -0.2) is 24.2 Å². The minimum atomic E-state index is -1.15. The predicted octanol–water partition coefficient (Wildman–Crippen LogP) is 3.50. The van der Waals surface area contributed by atoms with Gasteiger partial charge in [0.2, 0.25) is 0 Å². The molecule has 0 aliphatic carbocycles. The molecule has 3 rings (SSSR count). The molecule has 0 aromatic heterocycles. The van der Waals surface area contributed by atoms with Crippen LogP contribution >= 0.6 is 27.5 Å². The van der Waals surface area contributed by atoms with Crippen LogP contribution in [0.25, 0.3) is 0 Å². The number of carbonyl (C=O) groups excluding carboxylic acids is 1. The average Bonchev–Trinajstić information content (AvgIpc) is 2.55. The van der Waals surface area contributed by atoms with Crippen LogP contribution in [0.4, 0.5) is 0 Å². The maximum Gasteiger partial charge on any atom is 0.252 e. The molecule has 23 heavy (non-hydrogen) atoms. The van der Waals surface area contributed by atoms with Gasteiger partial charge in [-0.25, -0.2) is 0 Å². The Balaban J connectivity index is 1.78. The predicted molar refractivity (Wildman–Crippen MR) is 91.9 cm³/mol. The highest BCUT2D eigenvalue weighted by Crippen LogP contribution is 2.36. The summed E-state index contributed by atoms with van der Waals surface area (Å²) < 4.78 is 6.31. The molecule has 1 heterocycles. The molecule has 0 fully saturated rings. The van der Waals surface area contributed by atoms with Crippen molar-refractivity contribution in [1.29, 1.82) is 0 Å². The summed E-state index contributed by atoms with van der Waals surface area (Å²) in [4.78, 5) is 12.4. The molecule has 2 N–H and O–H groups in total. The van der Waals surface area contributed by atoms with E-state index in [1.165, 1.54) is 0 Å². The summed E-state index contributed by atoms with van der Waals surface area (Å²) in [6.07, 6.45) is 0.413. The summed E-state index contributed by atoms with van der Waals surface area (Å²) in [5.41, 5.74) is -0.0971. The lowest BCUT2D eigenvalue weighted by molar-refractivity contribution is -0.00160. The fourth-order valence-electron chi connectivity index (χ4n) is 2.62. The van der Waals surface area contributed by atoms with E-state index in [9.17, 15) is 9.90 Å². The van der Waals surface area contributed by atoms with Crippen LogP contribution in [0.1, 0.15) is 22.3 Å². The van der Waals surface area contributed by atoms with E-state index in [0.717, 1.165) is 4.47 Å². The number of nitrogens with one attached hydrogen (secondary N) is 1. The van der Waals surface area contributed by atoms with Gasteiger partial charge in [0, 0.05) is 16.5 Å². The van der Waals surface area contributed by atoms with E-state index in [1.807, 2.05) is 24.3 Å². The first-order chi connectivity index (χ1) is 11.0. The number of aliphatic hydroxyl groups is 1. The van der Waals surface area contributed by atoms with Gasteiger partial charge in [-0.1, -0.05) is 45.7 Å². The number of fused-ring (bicyclic) bond motifs is 1. The van der Waals surface area contributed by atoms with Gasteiger partial charge in [0.25, 0.3) is 5.91 Å². The topological polar surface area (TPSA) is 58.6 Å². The molecular weight excluding hydrogens is 382 g/mol. The molecule has 0 bridgehead atoms. The monoisotopic (exact) mass is 395 g/mol. The molecule has 1 atom stereocenters. The number of carbonyl (C=O) groups is 1. The summed E-state index contributed by atoms with van der Waals surface area (Å²) in [6, 6.07) is 12.4. The van der Waals surface area contributed by atoms with Crippen LogP contribution in [0.2, 0.25) is 5.02 Å². The first-order valence-corrected chi connectivity index (χ1v) is 8.35. The second kappa shape index (κ2) is 6.51. The number of hydrogen-bond acceptors (Lipinski definition) is 3. The molecule has 1 amide bonds. The molecule has 1 aliphatic heterocycles. The van der Waals surface area contributed by atoms with Crippen molar-refractivity contribution in [1.82, 2.24) is 5.32 Å². The second-order valence-corrected chi connectivity index (χ2v) is 6.76. The number of rotatable bonds is 3. The van der Waals surface area contributed by atoms with Gasteiger partial charge >= 0.3 is 0 Å². The lowest BCUT2D eigenvalue weighted by atomic mass is 9.88. The number of halogens is 2. The molecule has 120 valence electrons. The van der Waals surface area contributed by atoms with Crippen molar-refractivity contribution in [3.8, 4) is 5.75 Å². The Morgan fingerprint density at radius 2 is 2.13 bits per heavy atom. The SMILES string of the molecule is O=C(NCC1(O)CCOc2ccccc21)c1cc(Br)ccc1Cl. The number of amides is 1. The van der Waals surface area contributed by atoms with E-state index in [4.69, 9.17) is 16.3 Å². The van der Waals surface area contributed by atoms with Crippen LogP contribution < -0.4 is 10.1 Å². The standard InChI is InChI=1S/C17H15BrClNO3/c18-11-5-6-14(19)12(9-11)16(21)20-10-17(22)7-8-23-15-4-2-1-3-13(15)17/h1-6,9,22H,7-8,10H2,(H,20,21). The van der Waals surface area contributed by atoms with Crippen LogP contribution in [0.15, 0.2) is 46.9 Å². The van der Waals surface area contributed by atoms with Crippen molar-refractivity contribution < 1.29 is 14.6 Å². The van der Waals surface area contributed by atoms with Gasteiger partial charge in [0.15, 0.2) is 0 Å². The van der Waals surface area contributed by atoms with Crippen LogP contribution in [-0.2, 0) is 5.60 Å². The molecule has 1 unspecified atom stereocenters. The van der Waals surface area contributed by atoms with Crippen LogP contribution in [0.3, 0.4) is 0 Å². The lowest BCUT2D eigenvalue weighted by Crippen LogP contribution is -2.44. The highest BCUT2D eigenvalue weighted by Gasteiger charge is 2.35. The summed E-state index contributed by atoms with van der Waals surface area (Å²) in [7, 11) is 0. The summed E-state index contributed by atoms with van der Waals surface area (Å²) in [5.74, 6) is 0.324. The zero-order valence-electron chi connectivity index (χ0n) is 12.2. The molecule has 6 heteroatoms. The molecule has 0 saturated carbocycles. The van der Waals surface area contributed by atoms with Gasteiger partial charge in [0.1, 0.15) is 11.4 Å². The number of para-hydroxylation sites is 1. The second-order valence-electron chi connectivity index (χ2n) is 5.43. The maximum absolute atomic E-state index is 12.4.